The molecule has 3 rings (SSSR count). The van der Waals surface area contributed by atoms with Crippen LogP contribution in [0.3, 0.4) is 0 Å². The van der Waals surface area contributed by atoms with Gasteiger partial charge in [0.1, 0.15) is 17.1 Å². The van der Waals surface area contributed by atoms with Gasteiger partial charge in [-0.2, -0.15) is 0 Å². The van der Waals surface area contributed by atoms with E-state index < -0.39 is 5.97 Å². The molecule has 0 aliphatic heterocycles. The molecular formula is C24H25NO5. The predicted molar refractivity (Wildman–Crippen MR) is 113 cm³/mol. The molecule has 0 unspecified atom stereocenters. The molecule has 6 heteroatoms. The molecule has 0 atom stereocenters. The van der Waals surface area contributed by atoms with Crippen molar-refractivity contribution in [2.45, 2.75) is 20.4 Å². The summed E-state index contributed by atoms with van der Waals surface area (Å²) in [6, 6.07) is 17.8. The van der Waals surface area contributed by atoms with E-state index in [0.29, 0.717) is 30.2 Å². The Morgan fingerprint density at radius 3 is 2.37 bits per heavy atom. The number of hydrogen-bond acceptors (Lipinski definition) is 5. The Morgan fingerprint density at radius 2 is 1.63 bits per heavy atom. The lowest BCUT2D eigenvalue weighted by atomic mass is 10.1. The number of esters is 1. The van der Waals surface area contributed by atoms with Crippen LogP contribution in [0.5, 0.6) is 11.5 Å². The van der Waals surface area contributed by atoms with Crippen LogP contribution in [0.2, 0.25) is 0 Å². The highest BCUT2D eigenvalue weighted by molar-refractivity contribution is 6.01. The summed E-state index contributed by atoms with van der Waals surface area (Å²) in [6.07, 6.45) is 0. The van der Waals surface area contributed by atoms with Crippen LogP contribution in [-0.4, -0.2) is 36.6 Å². The summed E-state index contributed by atoms with van der Waals surface area (Å²) in [6.45, 7) is 4.68. The van der Waals surface area contributed by atoms with Crippen molar-refractivity contribution in [1.29, 1.82) is 0 Å². The van der Waals surface area contributed by atoms with Crippen molar-refractivity contribution in [3.8, 4) is 11.5 Å². The third-order valence-electron chi connectivity index (χ3n) is 4.81. The zero-order chi connectivity index (χ0) is 21.5. The summed E-state index contributed by atoms with van der Waals surface area (Å²) in [7, 11) is 1.64. The zero-order valence-electron chi connectivity index (χ0n) is 17.4. The van der Waals surface area contributed by atoms with Crippen LogP contribution < -0.4 is 4.74 Å². The Balaban J connectivity index is 1.68. The number of rotatable bonds is 9. The first-order valence-corrected chi connectivity index (χ1v) is 9.69. The van der Waals surface area contributed by atoms with Gasteiger partial charge < -0.3 is 18.8 Å². The van der Waals surface area contributed by atoms with Crippen molar-refractivity contribution in [2.75, 3.05) is 20.3 Å². The van der Waals surface area contributed by atoms with E-state index in [-0.39, 0.29) is 18.0 Å². The number of Topliss-reactive ketones (excluding diaryl/α,β-unsaturated/α-hetero) is 1. The summed E-state index contributed by atoms with van der Waals surface area (Å²) in [5.74, 6) is 0.126. The second-order valence-electron chi connectivity index (χ2n) is 6.84. The first-order chi connectivity index (χ1) is 14.5. The Kier molecular flexibility index (Phi) is 7.03. The van der Waals surface area contributed by atoms with E-state index in [9.17, 15) is 9.59 Å². The predicted octanol–water partition coefficient (Wildman–Crippen LogP) is 4.58. The zero-order valence-corrected chi connectivity index (χ0v) is 17.4. The molecular weight excluding hydrogens is 382 g/mol. The number of nitrogens with zero attached hydrogens (tertiary/aromatic N) is 1. The molecule has 3 aromatic rings. The van der Waals surface area contributed by atoms with Crippen LogP contribution in [0.25, 0.3) is 0 Å². The molecule has 0 spiro atoms. The van der Waals surface area contributed by atoms with Crippen molar-refractivity contribution in [2.24, 2.45) is 0 Å². The first-order valence-electron chi connectivity index (χ1n) is 9.69. The van der Waals surface area contributed by atoms with Gasteiger partial charge in [0.05, 0.1) is 6.61 Å². The molecule has 0 saturated heterocycles. The molecule has 30 heavy (non-hydrogen) atoms. The molecule has 0 fully saturated rings. The van der Waals surface area contributed by atoms with E-state index in [4.69, 9.17) is 14.2 Å². The van der Waals surface area contributed by atoms with Crippen LogP contribution in [0.1, 0.15) is 32.1 Å². The second-order valence-corrected chi connectivity index (χ2v) is 6.84. The van der Waals surface area contributed by atoms with E-state index >= 15 is 0 Å². The van der Waals surface area contributed by atoms with Crippen LogP contribution in [0, 0.1) is 13.8 Å². The molecule has 0 amide bonds. The minimum absolute atomic E-state index is 0.249. The largest absolute Gasteiger partial charge is 0.456 e. The quantitative estimate of drug-likeness (QED) is 0.384. The average molecular weight is 407 g/mol. The van der Waals surface area contributed by atoms with E-state index in [2.05, 4.69) is 0 Å². The average Bonchev–Trinajstić information content (AvgIpc) is 3.05. The number of ether oxygens (including phenoxy) is 3. The third kappa shape index (κ3) is 4.96. The van der Waals surface area contributed by atoms with Gasteiger partial charge in [-0.15, -0.1) is 0 Å². The van der Waals surface area contributed by atoms with Crippen molar-refractivity contribution in [3.63, 3.8) is 0 Å². The molecule has 0 N–H and O–H groups in total. The van der Waals surface area contributed by atoms with Crippen molar-refractivity contribution in [1.82, 2.24) is 4.57 Å². The smallest absolute Gasteiger partial charge is 0.342 e. The fraction of sp³-hybridized carbons (Fsp3) is 0.250. The maximum absolute atomic E-state index is 12.7. The van der Waals surface area contributed by atoms with Gasteiger partial charge >= 0.3 is 5.97 Å². The standard InChI is InChI=1S/C24H25NO5/c1-17-15-21(18(2)25(17)13-14-28-3)22(26)16-29-24(27)20-11-7-8-12-23(20)30-19-9-5-4-6-10-19/h4-12,15H,13-14,16H2,1-3H3. The summed E-state index contributed by atoms with van der Waals surface area (Å²) in [5.41, 5.74) is 2.60. The van der Waals surface area contributed by atoms with Gasteiger partial charge in [-0.1, -0.05) is 30.3 Å². The molecule has 6 nitrogen and oxygen atoms in total. The molecule has 0 aliphatic rings. The van der Waals surface area contributed by atoms with Gasteiger partial charge in [0.2, 0.25) is 5.78 Å². The third-order valence-corrected chi connectivity index (χ3v) is 4.81. The van der Waals surface area contributed by atoms with Crippen molar-refractivity contribution < 1.29 is 23.8 Å². The second kappa shape index (κ2) is 9.89. The maximum atomic E-state index is 12.7. The SMILES string of the molecule is COCCn1c(C)cc(C(=O)COC(=O)c2ccccc2Oc2ccccc2)c1C. The number of para-hydroxylation sites is 2. The highest BCUT2D eigenvalue weighted by atomic mass is 16.5. The van der Waals surface area contributed by atoms with Crippen LogP contribution in [0.4, 0.5) is 0 Å². The summed E-state index contributed by atoms with van der Waals surface area (Å²) >= 11 is 0. The van der Waals surface area contributed by atoms with Crippen molar-refractivity contribution >= 4 is 11.8 Å². The van der Waals surface area contributed by atoms with E-state index in [1.165, 1.54) is 0 Å². The lowest BCUT2D eigenvalue weighted by Crippen LogP contribution is -2.16. The van der Waals surface area contributed by atoms with Gasteiger partial charge in [0.25, 0.3) is 0 Å². The summed E-state index contributed by atoms with van der Waals surface area (Å²) < 4.78 is 18.2. The minimum atomic E-state index is -0.608. The van der Waals surface area contributed by atoms with Gasteiger partial charge in [-0.3, -0.25) is 4.79 Å². The normalized spacial score (nSPS) is 10.6. The number of carbonyl (C=O) groups excluding carboxylic acids is 2. The molecule has 2 aromatic carbocycles. The molecule has 0 saturated carbocycles. The molecule has 1 aromatic heterocycles. The molecule has 0 radical (unpaired) electrons. The minimum Gasteiger partial charge on any atom is -0.456 e. The van der Waals surface area contributed by atoms with E-state index in [1.807, 2.05) is 42.7 Å². The lowest BCUT2D eigenvalue weighted by Gasteiger charge is -2.11. The molecule has 156 valence electrons. The number of aromatic nitrogens is 1. The number of methoxy groups -OCH3 is 1. The van der Waals surface area contributed by atoms with Gasteiger partial charge in [0, 0.05) is 30.6 Å². The number of hydrogen-bond donors (Lipinski definition) is 0. The Bertz CT molecular complexity index is 1020. The maximum Gasteiger partial charge on any atom is 0.342 e. The highest BCUT2D eigenvalue weighted by Crippen LogP contribution is 2.25. The molecule has 0 bridgehead atoms. The Morgan fingerprint density at radius 1 is 0.933 bits per heavy atom. The fourth-order valence-corrected chi connectivity index (χ4v) is 3.24. The first kappa shape index (κ1) is 21.3. The summed E-state index contributed by atoms with van der Waals surface area (Å²) in [4.78, 5) is 25.3. The van der Waals surface area contributed by atoms with Crippen molar-refractivity contribution in [3.05, 3.63) is 83.2 Å². The van der Waals surface area contributed by atoms with Gasteiger partial charge in [0.15, 0.2) is 6.61 Å². The molecule has 0 aliphatic carbocycles. The number of carbonyl (C=O) groups is 2. The van der Waals surface area contributed by atoms with Crippen LogP contribution >= 0.6 is 0 Å². The Labute approximate surface area is 176 Å². The summed E-state index contributed by atoms with van der Waals surface area (Å²) in [5, 5.41) is 0. The monoisotopic (exact) mass is 407 g/mol. The van der Waals surface area contributed by atoms with Crippen LogP contribution in [-0.2, 0) is 16.0 Å². The van der Waals surface area contributed by atoms with E-state index in [1.54, 1.807) is 43.5 Å². The highest BCUT2D eigenvalue weighted by Gasteiger charge is 2.19. The number of aryl methyl sites for hydroxylation is 1. The van der Waals surface area contributed by atoms with E-state index in [0.717, 1.165) is 11.4 Å². The molecule has 1 heterocycles. The van der Waals surface area contributed by atoms with Gasteiger partial charge in [-0.25, -0.2) is 4.79 Å². The topological polar surface area (TPSA) is 66.8 Å². The number of benzene rings is 2. The number of ketones is 1. The van der Waals surface area contributed by atoms with Gasteiger partial charge in [-0.05, 0) is 44.2 Å². The van der Waals surface area contributed by atoms with Crippen LogP contribution in [0.15, 0.2) is 60.7 Å². The Hall–Kier alpha value is -3.38. The fourth-order valence-electron chi connectivity index (χ4n) is 3.24. The lowest BCUT2D eigenvalue weighted by molar-refractivity contribution is 0.0472.